The molecule has 0 unspecified atom stereocenters. The maximum absolute atomic E-state index is 2.44. The van der Waals surface area contributed by atoms with E-state index in [9.17, 15) is 0 Å². The van der Waals surface area contributed by atoms with Crippen LogP contribution in [-0.4, -0.2) is 4.57 Å². The lowest BCUT2D eigenvalue weighted by Gasteiger charge is -2.24. The molecule has 0 spiro atoms. The van der Waals surface area contributed by atoms with E-state index in [4.69, 9.17) is 0 Å². The summed E-state index contributed by atoms with van der Waals surface area (Å²) < 4.78 is 4.86. The molecule has 1 aromatic heterocycles. The third kappa shape index (κ3) is 9.25. The second-order valence-electron chi connectivity index (χ2n) is 18.4. The van der Waals surface area contributed by atoms with Gasteiger partial charge in [0.05, 0.1) is 0 Å². The number of hydrogen-bond acceptors (Lipinski definition) is 0. The van der Waals surface area contributed by atoms with E-state index >= 15 is 0 Å². The zero-order valence-electron chi connectivity index (χ0n) is 38.6. The van der Waals surface area contributed by atoms with E-state index < -0.39 is 0 Å². The Bertz CT molecular complexity index is 2270. The minimum Gasteiger partial charge on any atom is -1.00 e. The van der Waals surface area contributed by atoms with Crippen LogP contribution in [0.2, 0.25) is 0 Å². The third-order valence-corrected chi connectivity index (χ3v) is 12.6. The molecule has 0 bridgehead atoms. The van der Waals surface area contributed by atoms with Crippen molar-refractivity contribution in [2.24, 2.45) is 0 Å². The first-order chi connectivity index (χ1) is 27.9. The second-order valence-corrected chi connectivity index (χ2v) is 18.4. The molecule has 0 saturated heterocycles. The zero-order chi connectivity index (χ0) is 42.4. The highest BCUT2D eigenvalue weighted by Gasteiger charge is 2.30. The van der Waals surface area contributed by atoms with E-state index in [2.05, 4.69) is 222 Å². The van der Waals surface area contributed by atoms with Crippen LogP contribution in [0.3, 0.4) is 0 Å². The van der Waals surface area contributed by atoms with Crippen LogP contribution in [0.5, 0.6) is 0 Å². The van der Waals surface area contributed by atoms with Gasteiger partial charge in [0.2, 0.25) is 0 Å². The van der Waals surface area contributed by atoms with Gasteiger partial charge in [0, 0.05) is 45.9 Å². The summed E-state index contributed by atoms with van der Waals surface area (Å²) in [6.07, 6.45) is 6.97. The summed E-state index contributed by atoms with van der Waals surface area (Å²) in [5, 5.41) is 0. The smallest absolute Gasteiger partial charge is 0.254 e. The number of imidazole rings is 1. The average Bonchev–Trinajstić information content (AvgIpc) is 3.64. The first kappa shape index (κ1) is 44.4. The molecule has 310 valence electrons. The third-order valence-electron chi connectivity index (χ3n) is 12.6. The fourth-order valence-corrected chi connectivity index (χ4v) is 9.96. The van der Waals surface area contributed by atoms with Gasteiger partial charge in [-0.2, -0.15) is 0 Å². The number of hydrogen-bond donors (Lipinski definition) is 0. The molecular weight excluding hydrogens is 748 g/mol. The van der Waals surface area contributed by atoms with Crippen molar-refractivity contribution in [2.45, 2.75) is 121 Å². The maximum atomic E-state index is 2.44. The average molecular weight is 814 g/mol. The fourth-order valence-electron chi connectivity index (χ4n) is 9.96. The van der Waals surface area contributed by atoms with E-state index in [-0.39, 0.29) is 36.1 Å². The van der Waals surface area contributed by atoms with Gasteiger partial charge >= 0.3 is 0 Å². The van der Waals surface area contributed by atoms with Crippen molar-refractivity contribution in [3.8, 4) is 11.4 Å². The van der Waals surface area contributed by atoms with Crippen LogP contribution < -0.4 is 17.0 Å². The van der Waals surface area contributed by atoms with Crippen LogP contribution in [0.25, 0.3) is 11.4 Å². The summed E-state index contributed by atoms with van der Waals surface area (Å²) in [5.41, 5.74) is 26.4. The maximum Gasteiger partial charge on any atom is 0.254 e. The number of rotatable bonds is 10. The van der Waals surface area contributed by atoms with E-state index in [1.807, 2.05) is 0 Å². The van der Waals surface area contributed by atoms with Crippen LogP contribution in [0.15, 0.2) is 116 Å². The Labute approximate surface area is 367 Å². The Kier molecular flexibility index (Phi) is 13.2. The highest BCUT2D eigenvalue weighted by atomic mass is 35.5. The zero-order valence-corrected chi connectivity index (χ0v) is 39.3. The fraction of sp³-hybridized carbons (Fsp3) is 0.316. The Morgan fingerprint density at radius 3 is 0.900 bits per heavy atom. The van der Waals surface area contributed by atoms with Gasteiger partial charge < -0.3 is 12.4 Å². The Balaban J connectivity index is 0.00000604. The summed E-state index contributed by atoms with van der Waals surface area (Å²) >= 11 is 0. The van der Waals surface area contributed by atoms with Gasteiger partial charge in [-0.1, -0.05) is 180 Å². The minimum atomic E-state index is 0. The first-order valence-electron chi connectivity index (χ1n) is 21.7. The lowest BCUT2D eigenvalue weighted by Crippen LogP contribution is -3.00. The van der Waals surface area contributed by atoms with Gasteiger partial charge in [0.15, 0.2) is 0 Å². The molecule has 0 radical (unpaired) electrons. The molecule has 6 aromatic carbocycles. The van der Waals surface area contributed by atoms with E-state index in [0.717, 1.165) is 0 Å². The predicted molar refractivity (Wildman–Crippen MR) is 251 cm³/mol. The van der Waals surface area contributed by atoms with Crippen molar-refractivity contribution in [2.75, 3.05) is 0 Å². The number of benzene rings is 6. The summed E-state index contributed by atoms with van der Waals surface area (Å²) in [4.78, 5) is 0. The van der Waals surface area contributed by atoms with Crippen molar-refractivity contribution in [1.29, 1.82) is 0 Å². The minimum absolute atomic E-state index is 0. The summed E-state index contributed by atoms with van der Waals surface area (Å²) in [6, 6.07) is 37.9. The van der Waals surface area contributed by atoms with Gasteiger partial charge in [-0.15, -0.1) is 0 Å². The monoisotopic (exact) mass is 812 g/mol. The lowest BCUT2D eigenvalue weighted by molar-refractivity contribution is -0.596. The quantitative estimate of drug-likeness (QED) is 0.122. The molecule has 0 aliphatic heterocycles. The molecule has 7 rings (SSSR count). The lowest BCUT2D eigenvalue weighted by atomic mass is 9.83. The van der Waals surface area contributed by atoms with E-state index in [0.29, 0.717) is 0 Å². The van der Waals surface area contributed by atoms with E-state index in [1.165, 1.54) is 112 Å². The molecule has 60 heavy (non-hydrogen) atoms. The molecule has 0 fully saturated rings. The normalized spacial score (nSPS) is 13.4. The topological polar surface area (TPSA) is 8.81 Å². The van der Waals surface area contributed by atoms with Gasteiger partial charge in [-0.05, 0) is 91.5 Å². The van der Waals surface area contributed by atoms with Gasteiger partial charge in [0.1, 0.15) is 23.8 Å². The molecule has 0 amide bonds. The molecule has 0 saturated carbocycles. The van der Waals surface area contributed by atoms with Crippen molar-refractivity contribution >= 4 is 0 Å². The van der Waals surface area contributed by atoms with Gasteiger partial charge in [-0.3, -0.25) is 0 Å². The molecule has 7 aromatic rings. The molecule has 0 N–H and O–H groups in total. The number of halogens is 1. The molecule has 4 atom stereocenters. The number of nitrogens with zero attached hydrogens (tertiary/aromatic N) is 2. The van der Waals surface area contributed by atoms with Gasteiger partial charge in [0.25, 0.3) is 6.33 Å². The summed E-state index contributed by atoms with van der Waals surface area (Å²) in [5.74, 6) is 0.738. The highest BCUT2D eigenvalue weighted by Crippen LogP contribution is 2.40. The summed E-state index contributed by atoms with van der Waals surface area (Å²) in [7, 11) is 0. The SMILES string of the molecule is Cc1cc(C)cc([C@@H](C)c2cc(C)cc([C@H](C)c3cc(C)cc(C)c3)c2-n2cc[n+](-c3c([C@H](C)c4cc(C)cc(C)c4)cc(C)cc3[C@H](C)c3cc(C)cc(C)c3)c2)c1.[Cl-]. The molecule has 0 aliphatic rings. The molecule has 0 aliphatic carbocycles. The Hall–Kier alpha value is -5.18. The van der Waals surface area contributed by atoms with Gasteiger partial charge in [-0.25, -0.2) is 9.13 Å². The molecule has 3 heteroatoms. The number of aromatic nitrogens is 2. The largest absolute Gasteiger partial charge is 1.00 e. The molecular formula is C57H65ClN2. The number of aryl methyl sites for hydroxylation is 10. The Morgan fingerprint density at radius 2 is 0.600 bits per heavy atom. The second kappa shape index (κ2) is 17.8. The highest BCUT2D eigenvalue weighted by molar-refractivity contribution is 5.59. The van der Waals surface area contributed by atoms with Crippen LogP contribution >= 0.6 is 0 Å². The van der Waals surface area contributed by atoms with Crippen LogP contribution in [0.1, 0.15) is 152 Å². The molecule has 2 nitrogen and oxygen atoms in total. The predicted octanol–water partition coefficient (Wildman–Crippen LogP) is 11.4. The van der Waals surface area contributed by atoms with Crippen LogP contribution in [-0.2, 0) is 0 Å². The van der Waals surface area contributed by atoms with Crippen LogP contribution in [0.4, 0.5) is 0 Å². The standard InChI is InChI=1S/C57H65N2.ClH/c1-34-17-35(2)22-48(21-34)44(11)52-29-42(9)30-53(45(12)49-23-36(3)18-37(4)24-49)56(52)58-15-16-59(33-58)57-54(46(13)50-25-38(5)19-39(6)26-50)31-43(10)32-55(57)47(14)51-27-40(7)20-41(8)28-51;/h15-33,44-47H,1-14H3;1H/q+1;/p-1/t44-,45-,46-,47-;/m1./s1. The molecule has 1 heterocycles. The Morgan fingerprint density at radius 1 is 0.350 bits per heavy atom. The van der Waals surface area contributed by atoms with Crippen molar-refractivity contribution in [3.63, 3.8) is 0 Å². The van der Waals surface area contributed by atoms with Crippen LogP contribution in [0, 0.1) is 69.2 Å². The summed E-state index contributed by atoms with van der Waals surface area (Å²) in [6.45, 7) is 31.9. The van der Waals surface area contributed by atoms with Crippen molar-refractivity contribution in [1.82, 2.24) is 4.57 Å². The van der Waals surface area contributed by atoms with Crippen molar-refractivity contribution < 1.29 is 17.0 Å². The van der Waals surface area contributed by atoms with Crippen molar-refractivity contribution in [3.05, 3.63) is 216 Å². The van der Waals surface area contributed by atoms with E-state index in [1.54, 1.807) is 0 Å². The first-order valence-corrected chi connectivity index (χ1v) is 21.7.